The molecule has 0 amide bonds. The van der Waals surface area contributed by atoms with E-state index in [0.717, 1.165) is 11.1 Å². The van der Waals surface area contributed by atoms with Crippen LogP contribution in [0.4, 0.5) is 0 Å². The number of aromatic nitrogens is 2. The molecule has 0 atom stereocenters. The Morgan fingerprint density at radius 2 is 2.36 bits per heavy atom. The highest BCUT2D eigenvalue weighted by Gasteiger charge is 2.10. The molecule has 5 heteroatoms. The second-order valence-electron chi connectivity index (χ2n) is 3.02. The molecule has 0 saturated heterocycles. The molecule has 0 bridgehead atoms. The molecule has 0 aliphatic rings. The maximum atomic E-state index is 5.40. The summed E-state index contributed by atoms with van der Waals surface area (Å²) in [5.74, 6) is 1.26. The van der Waals surface area contributed by atoms with E-state index in [0.29, 0.717) is 24.7 Å². The Kier molecular flexibility index (Phi) is 2.60. The summed E-state index contributed by atoms with van der Waals surface area (Å²) in [4.78, 5) is 4.25. The predicted molar refractivity (Wildman–Crippen MR) is 55.1 cm³/mol. The van der Waals surface area contributed by atoms with Crippen molar-refractivity contribution >= 4 is 11.3 Å². The van der Waals surface area contributed by atoms with E-state index in [-0.39, 0.29) is 0 Å². The van der Waals surface area contributed by atoms with Crippen molar-refractivity contribution in [2.45, 2.75) is 13.3 Å². The largest absolute Gasteiger partial charge is 0.334 e. The van der Waals surface area contributed by atoms with E-state index in [1.807, 2.05) is 12.3 Å². The molecule has 14 heavy (non-hydrogen) atoms. The van der Waals surface area contributed by atoms with Crippen molar-refractivity contribution in [2.24, 2.45) is 5.73 Å². The molecule has 4 nitrogen and oxygen atoms in total. The number of nitrogens with zero attached hydrogens (tertiary/aromatic N) is 2. The zero-order chi connectivity index (χ0) is 9.97. The van der Waals surface area contributed by atoms with Crippen molar-refractivity contribution < 1.29 is 4.52 Å². The maximum Gasteiger partial charge on any atom is 0.259 e. The monoisotopic (exact) mass is 209 g/mol. The summed E-state index contributed by atoms with van der Waals surface area (Å²) in [5.41, 5.74) is 7.58. The Morgan fingerprint density at radius 1 is 1.50 bits per heavy atom. The van der Waals surface area contributed by atoms with Gasteiger partial charge in [0.05, 0.1) is 5.56 Å². The third-order valence-corrected chi connectivity index (χ3v) is 2.78. The standard InChI is InChI=1S/C9H11N3OS/c1-6-4-14-5-7(6)9-11-8(2-3-10)12-13-9/h4-5H,2-3,10H2,1H3. The van der Waals surface area contributed by atoms with Gasteiger partial charge in [-0.25, -0.2) is 0 Å². The molecule has 2 heterocycles. The van der Waals surface area contributed by atoms with Crippen LogP contribution in [0.1, 0.15) is 11.4 Å². The van der Waals surface area contributed by atoms with E-state index in [4.69, 9.17) is 10.3 Å². The minimum Gasteiger partial charge on any atom is -0.334 e. The molecule has 0 fully saturated rings. The Labute approximate surface area is 85.7 Å². The Morgan fingerprint density at radius 3 is 3.00 bits per heavy atom. The van der Waals surface area contributed by atoms with E-state index in [1.165, 1.54) is 0 Å². The average Bonchev–Trinajstić information content (AvgIpc) is 2.74. The van der Waals surface area contributed by atoms with Crippen LogP contribution in [-0.4, -0.2) is 16.7 Å². The Bertz CT molecular complexity index is 421. The van der Waals surface area contributed by atoms with Crippen molar-refractivity contribution in [3.05, 3.63) is 22.1 Å². The second-order valence-corrected chi connectivity index (χ2v) is 3.77. The highest BCUT2D eigenvalue weighted by Crippen LogP contribution is 2.24. The summed E-state index contributed by atoms with van der Waals surface area (Å²) < 4.78 is 5.13. The fourth-order valence-corrected chi connectivity index (χ4v) is 2.00. The van der Waals surface area contributed by atoms with Crippen LogP contribution in [-0.2, 0) is 6.42 Å². The molecule has 0 saturated carbocycles. The lowest BCUT2D eigenvalue weighted by Crippen LogP contribution is -2.03. The molecule has 2 aromatic rings. The highest BCUT2D eigenvalue weighted by molar-refractivity contribution is 7.08. The van der Waals surface area contributed by atoms with Gasteiger partial charge >= 0.3 is 0 Å². The number of aryl methyl sites for hydroxylation is 1. The molecule has 2 rings (SSSR count). The van der Waals surface area contributed by atoms with E-state index in [1.54, 1.807) is 11.3 Å². The van der Waals surface area contributed by atoms with Crippen molar-refractivity contribution in [3.8, 4) is 11.5 Å². The molecular formula is C9H11N3OS. The maximum absolute atomic E-state index is 5.40. The molecule has 0 aliphatic carbocycles. The fraction of sp³-hybridized carbons (Fsp3) is 0.333. The molecule has 0 aromatic carbocycles. The van der Waals surface area contributed by atoms with Gasteiger partial charge in [0, 0.05) is 11.8 Å². The van der Waals surface area contributed by atoms with Crippen molar-refractivity contribution in [3.63, 3.8) is 0 Å². The minimum absolute atomic E-state index is 0.543. The third kappa shape index (κ3) is 1.69. The molecule has 0 unspecified atom stereocenters. The van der Waals surface area contributed by atoms with Crippen LogP contribution < -0.4 is 5.73 Å². The van der Waals surface area contributed by atoms with Crippen LogP contribution in [0.25, 0.3) is 11.5 Å². The molecular weight excluding hydrogens is 198 g/mol. The number of rotatable bonds is 3. The third-order valence-electron chi connectivity index (χ3n) is 1.92. The number of hydrogen-bond acceptors (Lipinski definition) is 5. The molecule has 0 aliphatic heterocycles. The molecule has 0 radical (unpaired) electrons. The zero-order valence-electron chi connectivity index (χ0n) is 7.86. The Balaban J connectivity index is 2.29. The summed E-state index contributed by atoms with van der Waals surface area (Å²) in [6.45, 7) is 2.57. The van der Waals surface area contributed by atoms with Gasteiger partial charge in [-0.1, -0.05) is 5.16 Å². The first-order valence-corrected chi connectivity index (χ1v) is 5.31. The van der Waals surface area contributed by atoms with Crippen LogP contribution in [0.2, 0.25) is 0 Å². The first kappa shape index (κ1) is 9.36. The summed E-state index contributed by atoms with van der Waals surface area (Å²) in [6.07, 6.45) is 0.659. The average molecular weight is 209 g/mol. The van der Waals surface area contributed by atoms with Gasteiger partial charge in [0.15, 0.2) is 5.82 Å². The number of thiophene rings is 1. The van der Waals surface area contributed by atoms with Gasteiger partial charge in [-0.05, 0) is 24.4 Å². The SMILES string of the molecule is Cc1cscc1-c1nc(CCN)no1. The normalized spacial score (nSPS) is 10.7. The topological polar surface area (TPSA) is 64.9 Å². The number of hydrogen-bond donors (Lipinski definition) is 1. The second kappa shape index (κ2) is 3.89. The van der Waals surface area contributed by atoms with Crippen molar-refractivity contribution in [1.82, 2.24) is 10.1 Å². The first-order chi connectivity index (χ1) is 6.81. The van der Waals surface area contributed by atoms with Crippen molar-refractivity contribution in [2.75, 3.05) is 6.54 Å². The van der Waals surface area contributed by atoms with Gasteiger partial charge in [0.2, 0.25) is 0 Å². The van der Waals surface area contributed by atoms with E-state index in [9.17, 15) is 0 Å². The predicted octanol–water partition coefficient (Wildman–Crippen LogP) is 1.61. The molecule has 74 valence electrons. The first-order valence-electron chi connectivity index (χ1n) is 4.37. The van der Waals surface area contributed by atoms with Crippen LogP contribution in [0.15, 0.2) is 15.3 Å². The van der Waals surface area contributed by atoms with Gasteiger partial charge in [0.1, 0.15) is 0 Å². The summed E-state index contributed by atoms with van der Waals surface area (Å²) in [7, 11) is 0. The van der Waals surface area contributed by atoms with Crippen LogP contribution in [0.3, 0.4) is 0 Å². The lowest BCUT2D eigenvalue weighted by Gasteiger charge is -1.89. The Hall–Kier alpha value is -1.20. The molecule has 2 aromatic heterocycles. The molecule has 0 spiro atoms. The fourth-order valence-electron chi connectivity index (χ4n) is 1.17. The summed E-state index contributed by atoms with van der Waals surface area (Å²) in [5, 5.41) is 7.91. The minimum atomic E-state index is 0.543. The van der Waals surface area contributed by atoms with Gasteiger partial charge in [-0.2, -0.15) is 16.3 Å². The van der Waals surface area contributed by atoms with E-state index >= 15 is 0 Å². The molecule has 2 N–H and O–H groups in total. The van der Waals surface area contributed by atoms with E-state index < -0.39 is 0 Å². The zero-order valence-corrected chi connectivity index (χ0v) is 8.67. The quantitative estimate of drug-likeness (QED) is 0.834. The van der Waals surface area contributed by atoms with Crippen LogP contribution in [0, 0.1) is 6.92 Å². The summed E-state index contributed by atoms with van der Waals surface area (Å²) >= 11 is 1.63. The summed E-state index contributed by atoms with van der Waals surface area (Å²) in [6, 6.07) is 0. The van der Waals surface area contributed by atoms with Crippen molar-refractivity contribution in [1.29, 1.82) is 0 Å². The van der Waals surface area contributed by atoms with Gasteiger partial charge in [-0.15, -0.1) is 0 Å². The lowest BCUT2D eigenvalue weighted by atomic mass is 10.2. The smallest absolute Gasteiger partial charge is 0.259 e. The van der Waals surface area contributed by atoms with Crippen LogP contribution >= 0.6 is 11.3 Å². The van der Waals surface area contributed by atoms with E-state index in [2.05, 4.69) is 15.5 Å². The lowest BCUT2D eigenvalue weighted by molar-refractivity contribution is 0.422. The number of nitrogens with two attached hydrogens (primary N) is 1. The van der Waals surface area contributed by atoms with Gasteiger partial charge < -0.3 is 10.3 Å². The van der Waals surface area contributed by atoms with Crippen LogP contribution in [0.5, 0.6) is 0 Å². The highest BCUT2D eigenvalue weighted by atomic mass is 32.1. The van der Waals surface area contributed by atoms with Gasteiger partial charge in [0.25, 0.3) is 5.89 Å². The van der Waals surface area contributed by atoms with Gasteiger partial charge in [-0.3, -0.25) is 0 Å².